The number of fused-ring (bicyclic) bond motifs is 11. The zero-order chi connectivity index (χ0) is 50.9. The number of para-hydroxylation sites is 1. The van der Waals surface area contributed by atoms with Crippen LogP contribution in [0.4, 0.5) is 34.1 Å². The highest BCUT2D eigenvalue weighted by Crippen LogP contribution is 2.65. The van der Waals surface area contributed by atoms with Gasteiger partial charge in [0, 0.05) is 22.7 Å². The van der Waals surface area contributed by atoms with Crippen LogP contribution < -0.4 is 9.80 Å². The van der Waals surface area contributed by atoms with Crippen LogP contribution in [0.25, 0.3) is 77.2 Å². The summed E-state index contributed by atoms with van der Waals surface area (Å²) in [7, 11) is 0. The lowest BCUT2D eigenvalue weighted by atomic mass is 9.64. The molecule has 0 fully saturated rings. The summed E-state index contributed by atoms with van der Waals surface area (Å²) >= 11 is 0. The number of rotatable bonds is 8. The average Bonchev–Trinajstić information content (AvgIpc) is 4.03. The molecule has 77 heavy (non-hydrogen) atoms. The molecule has 1 spiro atoms. The number of hydrogen-bond acceptors (Lipinski definition) is 2. The molecule has 0 N–H and O–H groups in total. The van der Waals surface area contributed by atoms with Crippen molar-refractivity contribution in [2.45, 2.75) is 5.41 Å². The molecule has 0 saturated carbocycles. The largest absolute Gasteiger partial charge is 0.310 e. The topological polar surface area (TPSA) is 6.48 Å². The van der Waals surface area contributed by atoms with Gasteiger partial charge in [-0.05, 0) is 172 Å². The second kappa shape index (κ2) is 18.1. The third kappa shape index (κ3) is 7.18. The van der Waals surface area contributed by atoms with Gasteiger partial charge in [0.15, 0.2) is 0 Å². The maximum Gasteiger partial charge on any atom is 0.0755 e. The van der Waals surface area contributed by atoms with Gasteiger partial charge >= 0.3 is 0 Å². The molecule has 0 saturated heterocycles. The lowest BCUT2D eigenvalue weighted by molar-refractivity contribution is 0.753. The fourth-order valence-electron chi connectivity index (χ4n) is 12.8. The van der Waals surface area contributed by atoms with Crippen LogP contribution in [-0.2, 0) is 5.41 Å². The summed E-state index contributed by atoms with van der Waals surface area (Å²) in [5.74, 6) is 0. The molecule has 0 unspecified atom stereocenters. The van der Waals surface area contributed by atoms with Crippen LogP contribution >= 0.6 is 0 Å². The van der Waals surface area contributed by atoms with Gasteiger partial charge in [0.25, 0.3) is 0 Å². The van der Waals surface area contributed by atoms with Crippen LogP contribution in [0.1, 0.15) is 22.3 Å². The first-order valence-electron chi connectivity index (χ1n) is 26.7. The molecule has 2 nitrogen and oxygen atoms in total. The first-order chi connectivity index (χ1) is 38.2. The van der Waals surface area contributed by atoms with Gasteiger partial charge in [-0.25, -0.2) is 0 Å². The minimum Gasteiger partial charge on any atom is -0.310 e. The normalized spacial score (nSPS) is 12.8. The van der Waals surface area contributed by atoms with Crippen molar-refractivity contribution in [2.75, 3.05) is 9.80 Å². The van der Waals surface area contributed by atoms with Crippen molar-refractivity contribution >= 4 is 55.7 Å². The third-order valence-corrected chi connectivity index (χ3v) is 16.3. The third-order valence-electron chi connectivity index (χ3n) is 16.3. The maximum absolute atomic E-state index is 2.52. The first-order valence-corrected chi connectivity index (χ1v) is 26.7. The smallest absolute Gasteiger partial charge is 0.0755 e. The Balaban J connectivity index is 0.988. The summed E-state index contributed by atoms with van der Waals surface area (Å²) in [5, 5.41) is 4.97. The second-order valence-electron chi connectivity index (χ2n) is 20.4. The molecule has 1 aliphatic heterocycles. The summed E-state index contributed by atoms with van der Waals surface area (Å²) in [6, 6.07) is 112. The molecule has 2 heteroatoms. The van der Waals surface area contributed by atoms with Crippen molar-refractivity contribution in [2.24, 2.45) is 0 Å². The van der Waals surface area contributed by atoms with Gasteiger partial charge in [-0.3, -0.25) is 0 Å². The summed E-state index contributed by atoms with van der Waals surface area (Å²) in [5.41, 5.74) is 23.0. The molecule has 0 amide bonds. The molecular weight excluding hydrogens is 929 g/mol. The lowest BCUT2D eigenvalue weighted by Crippen LogP contribution is -2.36. The van der Waals surface area contributed by atoms with Crippen molar-refractivity contribution in [1.29, 1.82) is 0 Å². The van der Waals surface area contributed by atoms with E-state index in [1.165, 1.54) is 99.4 Å². The Kier molecular flexibility index (Phi) is 10.5. The van der Waals surface area contributed by atoms with Gasteiger partial charge in [0.1, 0.15) is 0 Å². The molecule has 1 aliphatic carbocycles. The van der Waals surface area contributed by atoms with E-state index in [4.69, 9.17) is 0 Å². The molecule has 1 heterocycles. The SMILES string of the molecule is c1ccc(-c2ccc3c(c2)C2(c4ccccc4-c4ccc(N(c5ccc(-c6cccc7ccccc67)cc5)c5ccc(-c6cccc7ccccc67)cc5)cc42)c2cc(-c4ccccc4)ccc2N3c2ccccc2)cc1. The van der Waals surface area contributed by atoms with Gasteiger partial charge in [-0.15, -0.1) is 0 Å². The Morgan fingerprint density at radius 3 is 1.21 bits per heavy atom. The van der Waals surface area contributed by atoms with Gasteiger partial charge in [-0.2, -0.15) is 0 Å². The van der Waals surface area contributed by atoms with Gasteiger partial charge in [0.05, 0.1) is 16.8 Å². The number of hydrogen-bond donors (Lipinski definition) is 0. The van der Waals surface area contributed by atoms with E-state index in [0.717, 1.165) is 34.1 Å². The predicted molar refractivity (Wildman–Crippen MR) is 323 cm³/mol. The van der Waals surface area contributed by atoms with Crippen LogP contribution in [0.2, 0.25) is 0 Å². The molecule has 2 aliphatic rings. The highest BCUT2D eigenvalue weighted by molar-refractivity contribution is 6.01. The summed E-state index contributed by atoms with van der Waals surface area (Å²) in [4.78, 5) is 4.95. The molecule has 13 aromatic carbocycles. The van der Waals surface area contributed by atoms with E-state index in [2.05, 4.69) is 313 Å². The zero-order valence-electron chi connectivity index (χ0n) is 42.3. The van der Waals surface area contributed by atoms with Crippen LogP contribution in [0.3, 0.4) is 0 Å². The van der Waals surface area contributed by atoms with E-state index in [0.29, 0.717) is 0 Å². The highest BCUT2D eigenvalue weighted by atomic mass is 15.2. The van der Waals surface area contributed by atoms with E-state index in [1.54, 1.807) is 0 Å². The van der Waals surface area contributed by atoms with E-state index < -0.39 is 5.41 Å². The summed E-state index contributed by atoms with van der Waals surface area (Å²) in [6.07, 6.45) is 0. The summed E-state index contributed by atoms with van der Waals surface area (Å²) < 4.78 is 0. The lowest BCUT2D eigenvalue weighted by Gasteiger charge is -2.45. The maximum atomic E-state index is 2.52. The molecule has 13 aromatic rings. The Morgan fingerprint density at radius 2 is 0.662 bits per heavy atom. The molecule has 360 valence electrons. The Hall–Kier alpha value is -10.0. The van der Waals surface area contributed by atoms with E-state index in [9.17, 15) is 0 Å². The quantitative estimate of drug-likeness (QED) is 0.150. The van der Waals surface area contributed by atoms with E-state index >= 15 is 0 Å². The molecule has 15 rings (SSSR count). The minimum absolute atomic E-state index is 0.727. The van der Waals surface area contributed by atoms with Crippen molar-refractivity contribution in [3.63, 3.8) is 0 Å². The van der Waals surface area contributed by atoms with E-state index in [1.807, 2.05) is 0 Å². The molecule has 0 aromatic heterocycles. The zero-order valence-corrected chi connectivity index (χ0v) is 42.3. The van der Waals surface area contributed by atoms with Crippen LogP contribution in [-0.4, -0.2) is 0 Å². The number of anilines is 6. The molecular formula is C75H50N2. The minimum atomic E-state index is -0.727. The fourth-order valence-corrected chi connectivity index (χ4v) is 12.8. The monoisotopic (exact) mass is 978 g/mol. The van der Waals surface area contributed by atoms with Crippen LogP contribution in [0.5, 0.6) is 0 Å². The predicted octanol–water partition coefficient (Wildman–Crippen LogP) is 20.3. The Labute approximate surface area is 449 Å². The molecule has 0 atom stereocenters. The van der Waals surface area contributed by atoms with Gasteiger partial charge in [-0.1, -0.05) is 231 Å². The highest BCUT2D eigenvalue weighted by Gasteiger charge is 2.52. The van der Waals surface area contributed by atoms with Gasteiger partial charge in [0.2, 0.25) is 0 Å². The number of benzene rings is 13. The number of nitrogens with zero attached hydrogens (tertiary/aromatic N) is 2. The van der Waals surface area contributed by atoms with Crippen molar-refractivity contribution in [3.8, 4) is 55.6 Å². The second-order valence-corrected chi connectivity index (χ2v) is 20.4. The average molecular weight is 979 g/mol. The Bertz CT molecular complexity index is 4150. The molecule has 0 radical (unpaired) electrons. The van der Waals surface area contributed by atoms with Crippen LogP contribution in [0, 0.1) is 0 Å². The van der Waals surface area contributed by atoms with Crippen LogP contribution in [0.15, 0.2) is 303 Å². The first kappa shape index (κ1) is 44.5. The molecule has 0 bridgehead atoms. The standard InChI is InChI=1S/C75H50N2/c1-4-18-51(19-5-1)57-38-46-73-71(48-57)75(72-49-58(52-20-6-2-7-21-52)39-47-74(72)77(73)59-26-8-3-9-27-59)69-33-15-14-30-67(69)68-45-44-62(50-70(68)75)76(60-40-34-55(35-41-60)65-31-16-24-53-22-10-12-28-63(53)65)61-42-36-56(37-43-61)66-32-17-25-54-23-11-13-29-64(54)66/h1-50H. The van der Waals surface area contributed by atoms with Crippen molar-refractivity contribution in [3.05, 3.63) is 326 Å². The van der Waals surface area contributed by atoms with E-state index in [-0.39, 0.29) is 0 Å². The Morgan fingerprint density at radius 1 is 0.247 bits per heavy atom. The fraction of sp³-hybridized carbons (Fsp3) is 0.0133. The van der Waals surface area contributed by atoms with Crippen molar-refractivity contribution < 1.29 is 0 Å². The van der Waals surface area contributed by atoms with Crippen molar-refractivity contribution in [1.82, 2.24) is 0 Å². The van der Waals surface area contributed by atoms with Gasteiger partial charge < -0.3 is 9.80 Å². The summed E-state index contributed by atoms with van der Waals surface area (Å²) in [6.45, 7) is 0.